The molecule has 0 atom stereocenters. The van der Waals surface area contributed by atoms with Gasteiger partial charge >= 0.3 is 0 Å². The topological polar surface area (TPSA) is 44.5 Å². The molecule has 0 N–H and O–H groups in total. The average Bonchev–Trinajstić information content (AvgIpc) is 2.99. The molecule has 0 unspecified atom stereocenters. The third-order valence-electron chi connectivity index (χ3n) is 2.81. The molecule has 2 heterocycles. The second kappa shape index (κ2) is 4.31. The fourth-order valence-electron chi connectivity index (χ4n) is 1.99. The quantitative estimate of drug-likeness (QED) is 0.797. The van der Waals surface area contributed by atoms with Gasteiger partial charge in [-0.1, -0.05) is 35.5 Å². The zero-order chi connectivity index (χ0) is 11.7. The number of ether oxygens (including phenoxy) is 2. The van der Waals surface area contributed by atoms with Gasteiger partial charge in [0, 0.05) is 5.56 Å². The number of hydrogen-bond acceptors (Lipinski definition) is 4. The van der Waals surface area contributed by atoms with Gasteiger partial charge < -0.3 is 14.0 Å². The van der Waals surface area contributed by atoms with E-state index in [0.717, 1.165) is 22.6 Å². The first-order chi connectivity index (χ1) is 8.36. The maximum atomic E-state index is 5.52. The molecular formula is C13H13NO3. The maximum Gasteiger partial charge on any atom is 0.189 e. The van der Waals surface area contributed by atoms with Gasteiger partial charge in [0.25, 0.3) is 0 Å². The fraction of sp³-hybridized carbons (Fsp3) is 0.308. The summed E-state index contributed by atoms with van der Waals surface area (Å²) in [6.45, 7) is 3.10. The highest BCUT2D eigenvalue weighted by Gasteiger charge is 2.27. The van der Waals surface area contributed by atoms with Crippen LogP contribution in [-0.4, -0.2) is 18.4 Å². The minimum Gasteiger partial charge on any atom is -0.361 e. The molecule has 3 rings (SSSR count). The molecular weight excluding hydrogens is 218 g/mol. The van der Waals surface area contributed by atoms with Crippen LogP contribution in [0.15, 0.2) is 34.9 Å². The Labute approximate surface area is 99.1 Å². The first kappa shape index (κ1) is 10.5. The van der Waals surface area contributed by atoms with E-state index in [2.05, 4.69) is 5.16 Å². The lowest BCUT2D eigenvalue weighted by Crippen LogP contribution is -2.00. The van der Waals surface area contributed by atoms with E-state index < -0.39 is 0 Å². The second-order valence-electron chi connectivity index (χ2n) is 3.94. The molecule has 1 fully saturated rings. The Balaban J connectivity index is 2.06. The van der Waals surface area contributed by atoms with E-state index in [1.165, 1.54) is 0 Å². The molecule has 17 heavy (non-hydrogen) atoms. The lowest BCUT2D eigenvalue weighted by Gasteiger charge is -2.09. The molecule has 0 radical (unpaired) electrons. The molecule has 4 heteroatoms. The third-order valence-corrected chi connectivity index (χ3v) is 2.81. The summed E-state index contributed by atoms with van der Waals surface area (Å²) in [6.07, 6.45) is -0.351. The largest absolute Gasteiger partial charge is 0.361 e. The van der Waals surface area contributed by atoms with Crippen molar-refractivity contribution in [1.82, 2.24) is 5.16 Å². The van der Waals surface area contributed by atoms with Gasteiger partial charge in [-0.3, -0.25) is 0 Å². The zero-order valence-electron chi connectivity index (χ0n) is 9.55. The van der Waals surface area contributed by atoms with Gasteiger partial charge in [0.1, 0.15) is 11.5 Å². The fourth-order valence-corrected chi connectivity index (χ4v) is 1.99. The van der Waals surface area contributed by atoms with Gasteiger partial charge in [-0.25, -0.2) is 0 Å². The number of aromatic nitrogens is 1. The van der Waals surface area contributed by atoms with E-state index in [4.69, 9.17) is 14.0 Å². The highest BCUT2D eigenvalue weighted by molar-refractivity contribution is 5.63. The van der Waals surface area contributed by atoms with Crippen LogP contribution < -0.4 is 0 Å². The Morgan fingerprint density at radius 1 is 1.12 bits per heavy atom. The summed E-state index contributed by atoms with van der Waals surface area (Å²) < 4.78 is 16.3. The van der Waals surface area contributed by atoms with Crippen molar-refractivity contribution in [2.75, 3.05) is 13.2 Å². The standard InChI is InChI=1S/C13H13NO3/c1-9-11(13-15-7-8-16-13)12(14-17-9)10-5-3-2-4-6-10/h2-6,13H,7-8H2,1H3. The predicted octanol–water partition coefficient (Wildman–Crippen LogP) is 2.70. The minimum absolute atomic E-state index is 0.351. The molecule has 88 valence electrons. The van der Waals surface area contributed by atoms with Crippen LogP contribution in [0.4, 0.5) is 0 Å². The van der Waals surface area contributed by atoms with E-state index in [9.17, 15) is 0 Å². The number of rotatable bonds is 2. The maximum absolute atomic E-state index is 5.52. The van der Waals surface area contributed by atoms with Crippen LogP contribution >= 0.6 is 0 Å². The van der Waals surface area contributed by atoms with Crippen molar-refractivity contribution in [3.05, 3.63) is 41.7 Å². The third kappa shape index (κ3) is 1.85. The molecule has 0 aliphatic carbocycles. The highest BCUT2D eigenvalue weighted by Crippen LogP contribution is 2.34. The molecule has 0 spiro atoms. The number of aryl methyl sites for hydroxylation is 1. The SMILES string of the molecule is Cc1onc(-c2ccccc2)c1C1OCCO1. The number of hydrogen-bond donors (Lipinski definition) is 0. The van der Waals surface area contributed by atoms with E-state index in [0.29, 0.717) is 13.2 Å². The van der Waals surface area contributed by atoms with Crippen LogP contribution in [0.1, 0.15) is 17.6 Å². The Morgan fingerprint density at radius 2 is 1.82 bits per heavy atom. The first-order valence-electron chi connectivity index (χ1n) is 5.61. The summed E-state index contributed by atoms with van der Waals surface area (Å²) >= 11 is 0. The van der Waals surface area contributed by atoms with Crippen molar-refractivity contribution in [2.45, 2.75) is 13.2 Å². The van der Waals surface area contributed by atoms with Crippen LogP contribution in [-0.2, 0) is 9.47 Å². The summed E-state index contributed by atoms with van der Waals surface area (Å²) in [7, 11) is 0. The van der Waals surface area contributed by atoms with Gasteiger partial charge in [-0.15, -0.1) is 0 Å². The van der Waals surface area contributed by atoms with Crippen LogP contribution in [0.25, 0.3) is 11.3 Å². The Kier molecular flexibility index (Phi) is 2.66. The highest BCUT2D eigenvalue weighted by atomic mass is 16.7. The summed E-state index contributed by atoms with van der Waals surface area (Å²) in [5, 5.41) is 4.10. The monoisotopic (exact) mass is 231 g/mol. The molecule has 1 aromatic heterocycles. The van der Waals surface area contributed by atoms with E-state index in [1.54, 1.807) is 0 Å². The first-order valence-corrected chi connectivity index (χ1v) is 5.61. The summed E-state index contributed by atoms with van der Waals surface area (Å²) in [5.74, 6) is 0.746. The molecule has 4 nitrogen and oxygen atoms in total. The molecule has 0 amide bonds. The van der Waals surface area contributed by atoms with Crippen molar-refractivity contribution < 1.29 is 14.0 Å². The summed E-state index contributed by atoms with van der Waals surface area (Å²) in [5.41, 5.74) is 2.71. The minimum atomic E-state index is -0.351. The van der Waals surface area contributed by atoms with Crippen molar-refractivity contribution in [2.24, 2.45) is 0 Å². The Hall–Kier alpha value is -1.65. The molecule has 1 aromatic carbocycles. The van der Waals surface area contributed by atoms with Crippen molar-refractivity contribution >= 4 is 0 Å². The van der Waals surface area contributed by atoms with Crippen molar-refractivity contribution in [3.8, 4) is 11.3 Å². The number of nitrogens with zero attached hydrogens (tertiary/aromatic N) is 1. The van der Waals surface area contributed by atoms with Crippen LogP contribution in [0.5, 0.6) is 0 Å². The molecule has 0 bridgehead atoms. The van der Waals surface area contributed by atoms with Gasteiger partial charge in [-0.2, -0.15) is 0 Å². The average molecular weight is 231 g/mol. The van der Waals surface area contributed by atoms with Gasteiger partial charge in [0.15, 0.2) is 6.29 Å². The summed E-state index contributed by atoms with van der Waals surface area (Å²) in [6, 6.07) is 9.91. The second-order valence-corrected chi connectivity index (χ2v) is 3.94. The van der Waals surface area contributed by atoms with E-state index >= 15 is 0 Å². The Bertz CT molecular complexity index is 501. The lowest BCUT2D eigenvalue weighted by atomic mass is 10.1. The van der Waals surface area contributed by atoms with Crippen molar-refractivity contribution in [3.63, 3.8) is 0 Å². The normalized spacial score (nSPS) is 16.5. The molecule has 1 aliphatic rings. The molecule has 1 saturated heterocycles. The van der Waals surface area contributed by atoms with E-state index in [1.807, 2.05) is 37.3 Å². The van der Waals surface area contributed by atoms with Crippen molar-refractivity contribution in [1.29, 1.82) is 0 Å². The summed E-state index contributed by atoms with van der Waals surface area (Å²) in [4.78, 5) is 0. The molecule has 1 aliphatic heterocycles. The van der Waals surface area contributed by atoms with Gasteiger partial charge in [0.2, 0.25) is 0 Å². The van der Waals surface area contributed by atoms with Crippen LogP contribution in [0.3, 0.4) is 0 Å². The predicted molar refractivity (Wildman–Crippen MR) is 61.3 cm³/mol. The smallest absolute Gasteiger partial charge is 0.189 e. The zero-order valence-corrected chi connectivity index (χ0v) is 9.55. The Morgan fingerprint density at radius 3 is 2.53 bits per heavy atom. The van der Waals surface area contributed by atoms with E-state index in [-0.39, 0.29) is 6.29 Å². The number of benzene rings is 1. The molecule has 2 aromatic rings. The molecule has 0 saturated carbocycles. The van der Waals surface area contributed by atoms with Crippen LogP contribution in [0, 0.1) is 6.92 Å². The van der Waals surface area contributed by atoms with Crippen LogP contribution in [0.2, 0.25) is 0 Å². The van der Waals surface area contributed by atoms with Gasteiger partial charge in [-0.05, 0) is 6.92 Å². The lowest BCUT2D eigenvalue weighted by molar-refractivity contribution is -0.0446. The van der Waals surface area contributed by atoms with Gasteiger partial charge in [0.05, 0.1) is 18.8 Å².